The number of halogens is 1. The van der Waals surface area contributed by atoms with Gasteiger partial charge in [-0.05, 0) is 66.6 Å². The molecular formula is C33H25FN4O3. The molecule has 1 aliphatic rings. The van der Waals surface area contributed by atoms with Crippen LogP contribution in [0.1, 0.15) is 23.2 Å². The first-order valence-corrected chi connectivity index (χ1v) is 13.4. The molecule has 202 valence electrons. The van der Waals surface area contributed by atoms with Crippen molar-refractivity contribution in [1.29, 1.82) is 0 Å². The minimum Gasteiger partial charge on any atom is -0.455 e. The van der Waals surface area contributed by atoms with E-state index in [2.05, 4.69) is 16.4 Å². The third kappa shape index (κ3) is 4.15. The van der Waals surface area contributed by atoms with Crippen molar-refractivity contribution in [2.24, 2.45) is 0 Å². The van der Waals surface area contributed by atoms with Crippen LogP contribution in [0, 0.1) is 5.82 Å². The van der Waals surface area contributed by atoms with Gasteiger partial charge < -0.3 is 14.6 Å². The van der Waals surface area contributed by atoms with Gasteiger partial charge in [-0.1, -0.05) is 24.3 Å². The first-order valence-electron chi connectivity index (χ1n) is 13.4. The third-order valence-electron chi connectivity index (χ3n) is 7.62. The lowest BCUT2D eigenvalue weighted by Crippen LogP contribution is -2.24. The molecule has 0 aliphatic carbocycles. The average molecular weight is 545 g/mol. The number of nitrogens with one attached hydrogen (secondary N) is 1. The first-order chi connectivity index (χ1) is 20.0. The number of imidazole rings is 1. The van der Waals surface area contributed by atoms with E-state index >= 15 is 0 Å². The summed E-state index contributed by atoms with van der Waals surface area (Å²) in [7, 11) is 1.56. The minimum absolute atomic E-state index is 0.0397. The predicted octanol–water partition coefficient (Wildman–Crippen LogP) is 6.73. The highest BCUT2D eigenvalue weighted by atomic mass is 19.1. The molecule has 1 N–H and O–H groups in total. The van der Waals surface area contributed by atoms with Crippen LogP contribution in [0.3, 0.4) is 0 Å². The standard InChI is InChI=1S/C33H25FN4O3/c1-35-33(40)31-25-17-24(21-11-14-26-28(16-21)38(19-36-26)23-6-3-2-4-7-23)27(37-15-5-8-30(37)39)18-29(25)41-32(31)20-9-12-22(34)13-10-20/h2-4,6-7,9-14,16-19H,5,8,15H2,1H3,(H,35,40). The van der Waals surface area contributed by atoms with E-state index in [9.17, 15) is 14.0 Å². The Morgan fingerprint density at radius 1 is 0.976 bits per heavy atom. The molecule has 7 rings (SSSR count). The Bertz CT molecular complexity index is 1960. The molecule has 1 saturated heterocycles. The molecule has 4 aromatic carbocycles. The molecular weight excluding hydrogens is 519 g/mol. The summed E-state index contributed by atoms with van der Waals surface area (Å²) in [5, 5.41) is 3.32. The number of nitrogens with zero attached hydrogens (tertiary/aromatic N) is 3. The van der Waals surface area contributed by atoms with Gasteiger partial charge in [-0.2, -0.15) is 0 Å². The molecule has 0 saturated carbocycles. The van der Waals surface area contributed by atoms with Crippen molar-refractivity contribution >= 4 is 39.5 Å². The number of hydrogen-bond acceptors (Lipinski definition) is 4. The van der Waals surface area contributed by atoms with Crippen LogP contribution < -0.4 is 10.2 Å². The summed E-state index contributed by atoms with van der Waals surface area (Å²) in [5.74, 6) is -0.323. The van der Waals surface area contributed by atoms with E-state index in [1.54, 1.807) is 30.4 Å². The lowest BCUT2D eigenvalue weighted by atomic mass is 9.97. The van der Waals surface area contributed by atoms with Gasteiger partial charge in [0.15, 0.2) is 0 Å². The van der Waals surface area contributed by atoms with Gasteiger partial charge >= 0.3 is 0 Å². The van der Waals surface area contributed by atoms with E-state index in [1.165, 1.54) is 12.1 Å². The second kappa shape index (κ2) is 9.75. The minimum atomic E-state index is -0.381. The lowest BCUT2D eigenvalue weighted by molar-refractivity contribution is -0.117. The molecule has 0 spiro atoms. The van der Waals surface area contributed by atoms with Gasteiger partial charge in [0.25, 0.3) is 5.91 Å². The maximum atomic E-state index is 13.7. The molecule has 0 radical (unpaired) electrons. The van der Waals surface area contributed by atoms with Gasteiger partial charge in [0.05, 0.1) is 22.3 Å². The van der Waals surface area contributed by atoms with Crippen LogP contribution in [-0.2, 0) is 4.79 Å². The molecule has 1 fully saturated rings. The third-order valence-corrected chi connectivity index (χ3v) is 7.62. The molecule has 3 heterocycles. The van der Waals surface area contributed by atoms with Gasteiger partial charge in [0.2, 0.25) is 5.91 Å². The number of hydrogen-bond donors (Lipinski definition) is 1. The summed E-state index contributed by atoms with van der Waals surface area (Å²) in [6.45, 7) is 0.593. The fourth-order valence-electron chi connectivity index (χ4n) is 5.61. The highest BCUT2D eigenvalue weighted by molar-refractivity contribution is 6.14. The monoisotopic (exact) mass is 544 g/mol. The summed E-state index contributed by atoms with van der Waals surface area (Å²) < 4.78 is 22.0. The zero-order chi connectivity index (χ0) is 28.1. The molecule has 2 aromatic heterocycles. The number of anilines is 1. The van der Waals surface area contributed by atoms with Crippen LogP contribution in [0.4, 0.5) is 10.1 Å². The van der Waals surface area contributed by atoms with Crippen LogP contribution in [-0.4, -0.2) is 35.0 Å². The van der Waals surface area contributed by atoms with Gasteiger partial charge in [0, 0.05) is 48.3 Å². The van der Waals surface area contributed by atoms with E-state index in [4.69, 9.17) is 4.42 Å². The molecule has 8 heteroatoms. The number of fused-ring (bicyclic) bond motifs is 2. The topological polar surface area (TPSA) is 80.4 Å². The van der Waals surface area contributed by atoms with Gasteiger partial charge in [-0.3, -0.25) is 14.2 Å². The summed E-state index contributed by atoms with van der Waals surface area (Å²) in [6.07, 6.45) is 3.03. The zero-order valence-electron chi connectivity index (χ0n) is 22.2. The van der Waals surface area contributed by atoms with Crippen molar-refractivity contribution in [3.05, 3.63) is 103 Å². The Kier molecular flexibility index (Phi) is 5.89. The SMILES string of the molecule is CNC(=O)c1c(-c2ccc(F)cc2)oc2cc(N3CCCC3=O)c(-c3ccc4ncn(-c5ccccc5)c4c3)cc12. The van der Waals surface area contributed by atoms with Crippen molar-refractivity contribution in [3.63, 3.8) is 0 Å². The fraction of sp³-hybridized carbons (Fsp3) is 0.121. The molecule has 0 unspecified atom stereocenters. The molecule has 2 amide bonds. The summed E-state index contributed by atoms with van der Waals surface area (Å²) in [6, 6.07) is 25.6. The molecule has 0 atom stereocenters. The first kappa shape index (κ1) is 24.8. The van der Waals surface area contributed by atoms with Crippen molar-refractivity contribution in [1.82, 2.24) is 14.9 Å². The van der Waals surface area contributed by atoms with Crippen molar-refractivity contribution in [2.75, 3.05) is 18.5 Å². The number of rotatable bonds is 5. The molecule has 41 heavy (non-hydrogen) atoms. The summed E-state index contributed by atoms with van der Waals surface area (Å²) in [5.41, 5.74) is 6.53. The quantitative estimate of drug-likeness (QED) is 0.261. The van der Waals surface area contributed by atoms with Gasteiger partial charge in [-0.15, -0.1) is 0 Å². The highest BCUT2D eigenvalue weighted by Crippen LogP contribution is 2.42. The average Bonchev–Trinajstić information content (AvgIpc) is 3.73. The smallest absolute Gasteiger partial charge is 0.255 e. The fourth-order valence-corrected chi connectivity index (χ4v) is 5.61. The molecule has 0 bridgehead atoms. The van der Waals surface area contributed by atoms with Gasteiger partial charge in [0.1, 0.15) is 23.5 Å². The van der Waals surface area contributed by atoms with Crippen LogP contribution >= 0.6 is 0 Å². The van der Waals surface area contributed by atoms with Crippen LogP contribution in [0.15, 0.2) is 95.7 Å². The Labute approximate surface area is 234 Å². The maximum absolute atomic E-state index is 13.7. The lowest BCUT2D eigenvalue weighted by Gasteiger charge is -2.20. The van der Waals surface area contributed by atoms with Gasteiger partial charge in [-0.25, -0.2) is 9.37 Å². The largest absolute Gasteiger partial charge is 0.455 e. The number of furan rings is 1. The molecule has 6 aromatic rings. The van der Waals surface area contributed by atoms with E-state index in [0.29, 0.717) is 46.5 Å². The number of carbonyl (C=O) groups is 2. The number of para-hydroxylation sites is 1. The van der Waals surface area contributed by atoms with Crippen molar-refractivity contribution < 1.29 is 18.4 Å². The molecule has 7 nitrogen and oxygen atoms in total. The van der Waals surface area contributed by atoms with E-state index in [1.807, 2.05) is 59.2 Å². The second-order valence-electron chi connectivity index (χ2n) is 10.1. The van der Waals surface area contributed by atoms with Crippen LogP contribution in [0.2, 0.25) is 0 Å². The Morgan fingerprint density at radius 3 is 2.49 bits per heavy atom. The number of amides is 2. The zero-order valence-corrected chi connectivity index (χ0v) is 22.2. The van der Waals surface area contributed by atoms with Crippen molar-refractivity contribution in [2.45, 2.75) is 12.8 Å². The second-order valence-corrected chi connectivity index (χ2v) is 10.1. The van der Waals surface area contributed by atoms with Crippen LogP contribution in [0.5, 0.6) is 0 Å². The Hall–Kier alpha value is -5.24. The normalized spacial score (nSPS) is 13.4. The predicted molar refractivity (Wildman–Crippen MR) is 157 cm³/mol. The summed E-state index contributed by atoms with van der Waals surface area (Å²) >= 11 is 0. The Balaban J connectivity index is 1.49. The van der Waals surface area contributed by atoms with E-state index in [-0.39, 0.29) is 17.6 Å². The van der Waals surface area contributed by atoms with E-state index < -0.39 is 0 Å². The van der Waals surface area contributed by atoms with E-state index in [0.717, 1.165) is 34.3 Å². The Morgan fingerprint density at radius 2 is 1.76 bits per heavy atom. The number of carbonyl (C=O) groups excluding carboxylic acids is 2. The molecule has 1 aliphatic heterocycles. The van der Waals surface area contributed by atoms with Crippen molar-refractivity contribution in [3.8, 4) is 28.1 Å². The number of aromatic nitrogens is 2. The number of benzene rings is 4. The summed E-state index contributed by atoms with van der Waals surface area (Å²) in [4.78, 5) is 32.5. The maximum Gasteiger partial charge on any atom is 0.255 e. The highest BCUT2D eigenvalue weighted by Gasteiger charge is 2.28. The van der Waals surface area contributed by atoms with Crippen LogP contribution in [0.25, 0.3) is 50.1 Å².